The molecule has 2 aromatic rings. The van der Waals surface area contributed by atoms with Crippen molar-refractivity contribution in [2.24, 2.45) is 5.73 Å². The van der Waals surface area contributed by atoms with Crippen LogP contribution in [0, 0.1) is 6.92 Å². The maximum atomic E-state index is 12.4. The van der Waals surface area contributed by atoms with E-state index in [0.717, 1.165) is 41.4 Å². The van der Waals surface area contributed by atoms with E-state index in [1.54, 1.807) is 17.4 Å². The summed E-state index contributed by atoms with van der Waals surface area (Å²) in [6.45, 7) is 5.23. The molecule has 0 spiro atoms. The van der Waals surface area contributed by atoms with E-state index in [1.807, 2.05) is 47.5 Å². The molecular formula is C20H25N3O2S. The fraction of sp³-hybridized carbons (Fsp3) is 0.400. The van der Waals surface area contributed by atoms with Gasteiger partial charge in [-0.2, -0.15) is 0 Å². The Bertz CT molecular complexity index is 770. The van der Waals surface area contributed by atoms with Crippen LogP contribution < -0.4 is 10.5 Å². The molecule has 3 rings (SSSR count). The van der Waals surface area contributed by atoms with Crippen LogP contribution in [0.2, 0.25) is 0 Å². The maximum absolute atomic E-state index is 12.4. The molecule has 2 heterocycles. The van der Waals surface area contributed by atoms with Crippen LogP contribution in [0.15, 0.2) is 35.7 Å². The quantitative estimate of drug-likeness (QED) is 0.818. The Labute approximate surface area is 158 Å². The minimum atomic E-state index is 0.0450. The van der Waals surface area contributed by atoms with Crippen LogP contribution in [0.3, 0.4) is 0 Å². The minimum Gasteiger partial charge on any atom is -0.487 e. The summed E-state index contributed by atoms with van der Waals surface area (Å²) >= 11 is 1.62. The van der Waals surface area contributed by atoms with Gasteiger partial charge in [0.05, 0.1) is 10.7 Å². The number of likely N-dealkylation sites (tertiary alicyclic amines) is 1. The van der Waals surface area contributed by atoms with E-state index in [9.17, 15) is 4.79 Å². The summed E-state index contributed by atoms with van der Waals surface area (Å²) in [6, 6.07) is 8.11. The van der Waals surface area contributed by atoms with E-state index in [-0.39, 0.29) is 18.0 Å². The van der Waals surface area contributed by atoms with Crippen molar-refractivity contribution in [2.45, 2.75) is 45.4 Å². The predicted octanol–water partition coefficient (Wildman–Crippen LogP) is 3.38. The molecule has 2 unspecified atom stereocenters. The van der Waals surface area contributed by atoms with Gasteiger partial charge in [0.15, 0.2) is 0 Å². The number of carbonyl (C=O) groups excluding carboxylic acids is 1. The molecule has 26 heavy (non-hydrogen) atoms. The number of hydrogen-bond acceptors (Lipinski definition) is 5. The molecule has 0 aliphatic carbocycles. The standard InChI is InChI=1S/C20H25N3O2S/c1-14-11-17(21)9-10-23(14)20(24)8-5-16-3-6-19(7-4-16)25-12-18-13-26-15(2)22-18/h3-8,13-14,17H,9-12,21H2,1-2H3/b8-5+. The second-order valence-electron chi connectivity index (χ2n) is 6.71. The molecule has 1 saturated heterocycles. The predicted molar refractivity (Wildman–Crippen MR) is 105 cm³/mol. The number of nitrogens with zero attached hydrogens (tertiary/aromatic N) is 2. The second-order valence-corrected chi connectivity index (χ2v) is 7.78. The highest BCUT2D eigenvalue weighted by molar-refractivity contribution is 7.09. The Hall–Kier alpha value is -2.18. The molecule has 1 aromatic carbocycles. The Balaban J connectivity index is 1.53. The fourth-order valence-corrected chi connectivity index (χ4v) is 3.70. The van der Waals surface area contributed by atoms with Crippen LogP contribution in [0.5, 0.6) is 5.75 Å². The minimum absolute atomic E-state index is 0.0450. The summed E-state index contributed by atoms with van der Waals surface area (Å²) in [6.07, 6.45) is 5.22. The first-order valence-corrected chi connectivity index (χ1v) is 9.77. The van der Waals surface area contributed by atoms with Gasteiger partial charge in [0.2, 0.25) is 5.91 Å². The molecule has 1 amide bonds. The molecule has 6 heteroatoms. The number of rotatable bonds is 5. The summed E-state index contributed by atoms with van der Waals surface area (Å²) in [7, 11) is 0. The zero-order chi connectivity index (χ0) is 18.5. The van der Waals surface area contributed by atoms with Gasteiger partial charge < -0.3 is 15.4 Å². The smallest absolute Gasteiger partial charge is 0.246 e. The lowest BCUT2D eigenvalue weighted by molar-refractivity contribution is -0.129. The van der Waals surface area contributed by atoms with Gasteiger partial charge in [0, 0.05) is 30.1 Å². The lowest BCUT2D eigenvalue weighted by Crippen LogP contribution is -2.47. The Morgan fingerprint density at radius 3 is 2.85 bits per heavy atom. The normalized spacial score (nSPS) is 20.5. The van der Waals surface area contributed by atoms with Crippen LogP contribution in [0.25, 0.3) is 6.08 Å². The first-order valence-electron chi connectivity index (χ1n) is 8.89. The van der Waals surface area contributed by atoms with Crippen molar-refractivity contribution in [3.63, 3.8) is 0 Å². The third-order valence-electron chi connectivity index (χ3n) is 4.55. The first-order chi connectivity index (χ1) is 12.5. The maximum Gasteiger partial charge on any atom is 0.246 e. The number of amides is 1. The average molecular weight is 372 g/mol. The first kappa shape index (κ1) is 18.6. The van der Waals surface area contributed by atoms with Crippen LogP contribution in [-0.4, -0.2) is 34.4 Å². The van der Waals surface area contributed by atoms with Crippen LogP contribution in [0.1, 0.15) is 36.0 Å². The zero-order valence-electron chi connectivity index (χ0n) is 15.2. The molecule has 5 nitrogen and oxygen atoms in total. The van der Waals surface area contributed by atoms with Gasteiger partial charge in [-0.25, -0.2) is 4.98 Å². The van der Waals surface area contributed by atoms with Gasteiger partial charge in [-0.15, -0.1) is 11.3 Å². The highest BCUT2D eigenvalue weighted by atomic mass is 32.1. The summed E-state index contributed by atoms with van der Waals surface area (Å²) in [5.41, 5.74) is 7.87. The van der Waals surface area contributed by atoms with Gasteiger partial charge in [0.25, 0.3) is 0 Å². The number of thiazole rings is 1. The summed E-state index contributed by atoms with van der Waals surface area (Å²) in [5, 5.41) is 3.05. The molecule has 2 atom stereocenters. The Kier molecular flexibility index (Phi) is 6.06. The molecule has 0 radical (unpaired) electrons. The molecule has 1 aromatic heterocycles. The van der Waals surface area contributed by atoms with Crippen molar-refractivity contribution in [1.29, 1.82) is 0 Å². The largest absolute Gasteiger partial charge is 0.487 e. The molecule has 1 fully saturated rings. The second kappa shape index (κ2) is 8.47. The number of piperidine rings is 1. The van der Waals surface area contributed by atoms with E-state index in [0.29, 0.717) is 6.61 Å². The number of aromatic nitrogens is 1. The van der Waals surface area contributed by atoms with Gasteiger partial charge in [0.1, 0.15) is 12.4 Å². The lowest BCUT2D eigenvalue weighted by Gasteiger charge is -2.35. The van der Waals surface area contributed by atoms with Gasteiger partial charge in [-0.3, -0.25) is 4.79 Å². The summed E-state index contributed by atoms with van der Waals surface area (Å²) < 4.78 is 5.74. The number of benzene rings is 1. The molecule has 138 valence electrons. The van der Waals surface area contributed by atoms with Crippen LogP contribution in [-0.2, 0) is 11.4 Å². The van der Waals surface area contributed by atoms with Crippen molar-refractivity contribution >= 4 is 23.3 Å². The SMILES string of the molecule is Cc1nc(COc2ccc(/C=C/C(=O)N3CCC(N)CC3C)cc2)cs1. The van der Waals surface area contributed by atoms with E-state index in [4.69, 9.17) is 10.5 Å². The van der Waals surface area contributed by atoms with Crippen LogP contribution in [0.4, 0.5) is 0 Å². The molecule has 1 aliphatic rings. The number of ether oxygens (including phenoxy) is 1. The Morgan fingerprint density at radius 1 is 1.42 bits per heavy atom. The Morgan fingerprint density at radius 2 is 2.19 bits per heavy atom. The summed E-state index contributed by atoms with van der Waals surface area (Å²) in [5.74, 6) is 0.835. The van der Waals surface area contributed by atoms with E-state index in [2.05, 4.69) is 11.9 Å². The number of carbonyl (C=O) groups is 1. The van der Waals surface area contributed by atoms with Crippen molar-refractivity contribution in [2.75, 3.05) is 6.54 Å². The van der Waals surface area contributed by atoms with Crippen molar-refractivity contribution in [3.05, 3.63) is 52.0 Å². The third kappa shape index (κ3) is 4.93. The lowest BCUT2D eigenvalue weighted by atomic mass is 9.99. The van der Waals surface area contributed by atoms with E-state index in [1.165, 1.54) is 0 Å². The number of aryl methyl sites for hydroxylation is 1. The topological polar surface area (TPSA) is 68.5 Å². The zero-order valence-corrected chi connectivity index (χ0v) is 16.0. The number of hydrogen-bond donors (Lipinski definition) is 1. The molecule has 0 bridgehead atoms. The van der Waals surface area contributed by atoms with Crippen molar-refractivity contribution in [1.82, 2.24) is 9.88 Å². The van der Waals surface area contributed by atoms with Crippen molar-refractivity contribution in [3.8, 4) is 5.75 Å². The van der Waals surface area contributed by atoms with Gasteiger partial charge in [-0.1, -0.05) is 12.1 Å². The van der Waals surface area contributed by atoms with Crippen LogP contribution >= 0.6 is 11.3 Å². The van der Waals surface area contributed by atoms with Crippen molar-refractivity contribution < 1.29 is 9.53 Å². The average Bonchev–Trinajstić information content (AvgIpc) is 3.04. The molecule has 2 N–H and O–H groups in total. The highest BCUT2D eigenvalue weighted by Crippen LogP contribution is 2.18. The van der Waals surface area contributed by atoms with Gasteiger partial charge >= 0.3 is 0 Å². The highest BCUT2D eigenvalue weighted by Gasteiger charge is 2.25. The monoisotopic (exact) mass is 371 g/mol. The fourth-order valence-electron chi connectivity index (χ4n) is 3.11. The van der Waals surface area contributed by atoms with E-state index >= 15 is 0 Å². The van der Waals surface area contributed by atoms with E-state index < -0.39 is 0 Å². The third-order valence-corrected chi connectivity index (χ3v) is 5.37. The molecular weight excluding hydrogens is 346 g/mol. The van der Waals surface area contributed by atoms with Gasteiger partial charge in [-0.05, 0) is 50.5 Å². The molecule has 1 aliphatic heterocycles. The number of nitrogens with two attached hydrogens (primary N) is 1. The molecule has 0 saturated carbocycles. The summed E-state index contributed by atoms with van der Waals surface area (Å²) in [4.78, 5) is 18.7.